The summed E-state index contributed by atoms with van der Waals surface area (Å²) in [6.45, 7) is 5.86. The molecule has 0 aliphatic heterocycles. The van der Waals surface area contributed by atoms with Crippen LogP contribution in [0.4, 0.5) is 0 Å². The van der Waals surface area contributed by atoms with E-state index in [0.717, 1.165) is 11.1 Å². The second kappa shape index (κ2) is 8.29. The molecule has 0 amide bonds. The maximum Gasteiger partial charge on any atom is 0.311 e. The minimum atomic E-state index is -0.266. The second-order valence-electron chi connectivity index (χ2n) is 5.78. The van der Waals surface area contributed by atoms with Crippen molar-refractivity contribution < 1.29 is 19.1 Å². The minimum Gasteiger partial charge on any atom is -0.494 e. The van der Waals surface area contributed by atoms with Crippen molar-refractivity contribution in [3.05, 3.63) is 59.2 Å². The summed E-state index contributed by atoms with van der Waals surface area (Å²) in [6, 6.07) is 12.7. The van der Waals surface area contributed by atoms with Crippen molar-refractivity contribution in [2.75, 3.05) is 6.61 Å². The van der Waals surface area contributed by atoms with Gasteiger partial charge >= 0.3 is 5.97 Å². The van der Waals surface area contributed by atoms with Gasteiger partial charge in [-0.2, -0.15) is 0 Å². The van der Waals surface area contributed by atoms with Crippen LogP contribution in [0.1, 0.15) is 41.3 Å². The first-order chi connectivity index (χ1) is 11.5. The van der Waals surface area contributed by atoms with Crippen molar-refractivity contribution in [3.8, 4) is 11.5 Å². The van der Waals surface area contributed by atoms with E-state index in [0.29, 0.717) is 36.5 Å². The molecule has 126 valence electrons. The van der Waals surface area contributed by atoms with Gasteiger partial charge in [0.2, 0.25) is 0 Å². The predicted octanol–water partition coefficient (Wildman–Crippen LogP) is 4.27. The molecule has 0 spiro atoms. The summed E-state index contributed by atoms with van der Waals surface area (Å²) in [6.07, 6.45) is 0.858. The summed E-state index contributed by atoms with van der Waals surface area (Å²) < 4.78 is 10.9. The quantitative estimate of drug-likeness (QED) is 0.330. The number of benzene rings is 2. The van der Waals surface area contributed by atoms with Crippen molar-refractivity contribution in [2.24, 2.45) is 0 Å². The molecule has 0 saturated heterocycles. The van der Waals surface area contributed by atoms with Crippen LogP contribution >= 0.6 is 0 Å². The van der Waals surface area contributed by atoms with Gasteiger partial charge in [0, 0.05) is 12.0 Å². The average molecular weight is 326 g/mol. The highest BCUT2D eigenvalue weighted by Crippen LogP contribution is 2.19. The molecule has 24 heavy (non-hydrogen) atoms. The van der Waals surface area contributed by atoms with Crippen LogP contribution < -0.4 is 9.47 Å². The van der Waals surface area contributed by atoms with Gasteiger partial charge in [0.05, 0.1) is 6.61 Å². The largest absolute Gasteiger partial charge is 0.494 e. The Labute approximate surface area is 142 Å². The van der Waals surface area contributed by atoms with Crippen molar-refractivity contribution in [1.29, 1.82) is 0 Å². The van der Waals surface area contributed by atoms with Crippen LogP contribution in [-0.2, 0) is 4.79 Å². The summed E-state index contributed by atoms with van der Waals surface area (Å²) in [5.74, 6) is 1.04. The molecule has 0 atom stereocenters. The lowest BCUT2D eigenvalue weighted by Gasteiger charge is -2.09. The third kappa shape index (κ3) is 5.23. The van der Waals surface area contributed by atoms with E-state index in [1.165, 1.54) is 6.92 Å². The molecule has 0 bridgehead atoms. The molecule has 0 unspecified atom stereocenters. The number of hydrogen-bond acceptors (Lipinski definition) is 4. The predicted molar refractivity (Wildman–Crippen MR) is 92.7 cm³/mol. The number of rotatable bonds is 7. The van der Waals surface area contributed by atoms with Crippen molar-refractivity contribution >= 4 is 11.8 Å². The molecule has 0 saturated carbocycles. The fourth-order valence-corrected chi connectivity index (χ4v) is 2.28. The minimum absolute atomic E-state index is 0.0238. The van der Waals surface area contributed by atoms with Gasteiger partial charge in [0.25, 0.3) is 0 Å². The Kier molecular flexibility index (Phi) is 6.13. The van der Waals surface area contributed by atoms with Crippen molar-refractivity contribution in [2.45, 2.75) is 33.6 Å². The van der Waals surface area contributed by atoms with E-state index in [9.17, 15) is 9.59 Å². The molecule has 2 rings (SSSR count). The van der Waals surface area contributed by atoms with Gasteiger partial charge in [0.15, 0.2) is 5.78 Å². The molecule has 0 aliphatic rings. The van der Waals surface area contributed by atoms with E-state index in [2.05, 4.69) is 0 Å². The van der Waals surface area contributed by atoms with Crippen LogP contribution in [0, 0.1) is 13.8 Å². The first kappa shape index (κ1) is 17.7. The Bertz CT molecular complexity index is 717. The van der Waals surface area contributed by atoms with E-state index in [1.54, 1.807) is 24.3 Å². The molecule has 4 heteroatoms. The molecular weight excluding hydrogens is 304 g/mol. The van der Waals surface area contributed by atoms with E-state index >= 15 is 0 Å². The Morgan fingerprint density at radius 1 is 1.00 bits per heavy atom. The number of esters is 1. The van der Waals surface area contributed by atoms with Gasteiger partial charge in [-0.1, -0.05) is 17.7 Å². The normalized spacial score (nSPS) is 10.3. The second-order valence-corrected chi connectivity index (χ2v) is 5.78. The number of ether oxygens (including phenoxy) is 2. The molecule has 0 aromatic heterocycles. The van der Waals surface area contributed by atoms with Crippen LogP contribution in [0.3, 0.4) is 0 Å². The van der Waals surface area contributed by atoms with Gasteiger partial charge in [-0.3, -0.25) is 9.59 Å². The number of aryl methyl sites for hydroxylation is 2. The fourth-order valence-electron chi connectivity index (χ4n) is 2.28. The topological polar surface area (TPSA) is 52.6 Å². The molecule has 0 radical (unpaired) electrons. The van der Waals surface area contributed by atoms with Gasteiger partial charge in [-0.05, 0) is 63.1 Å². The summed E-state index contributed by atoms with van der Waals surface area (Å²) >= 11 is 0. The highest BCUT2D eigenvalue weighted by Gasteiger charge is 2.07. The number of ketones is 1. The third-order valence-corrected chi connectivity index (χ3v) is 3.61. The Morgan fingerprint density at radius 2 is 1.71 bits per heavy atom. The highest BCUT2D eigenvalue weighted by atomic mass is 16.5. The smallest absolute Gasteiger partial charge is 0.311 e. The molecule has 2 aromatic carbocycles. The van der Waals surface area contributed by atoms with E-state index in [-0.39, 0.29) is 11.8 Å². The van der Waals surface area contributed by atoms with Crippen LogP contribution in [0.25, 0.3) is 0 Å². The molecule has 2 aromatic rings. The summed E-state index contributed by atoms with van der Waals surface area (Å²) in [5.41, 5.74) is 2.74. The van der Waals surface area contributed by atoms with Gasteiger partial charge in [-0.15, -0.1) is 0 Å². The van der Waals surface area contributed by atoms with Gasteiger partial charge in [0.1, 0.15) is 11.5 Å². The number of Topliss-reactive ketones (excluding diaryl/α,β-unsaturated/α-hetero) is 1. The van der Waals surface area contributed by atoms with Crippen LogP contribution in [0.2, 0.25) is 0 Å². The highest BCUT2D eigenvalue weighted by molar-refractivity contribution is 5.94. The standard InChI is InChI=1S/C20H22O4/c1-14-6-11-19(15(2)13-14)24-20(22)5-4-12-23-18-9-7-17(8-10-18)16(3)21/h6-11,13H,4-5,12H2,1-3H3. The number of hydrogen-bond donors (Lipinski definition) is 0. The SMILES string of the molecule is CC(=O)c1ccc(OCCCC(=O)Oc2ccc(C)cc2C)cc1. The zero-order valence-corrected chi connectivity index (χ0v) is 14.3. The molecule has 4 nitrogen and oxygen atoms in total. The van der Waals surface area contributed by atoms with Gasteiger partial charge in [-0.25, -0.2) is 0 Å². The molecule has 0 aliphatic carbocycles. The summed E-state index contributed by atoms with van der Waals surface area (Å²) in [4.78, 5) is 23.1. The third-order valence-electron chi connectivity index (χ3n) is 3.61. The van der Waals surface area contributed by atoms with Crippen molar-refractivity contribution in [1.82, 2.24) is 0 Å². The van der Waals surface area contributed by atoms with Crippen LogP contribution in [0.15, 0.2) is 42.5 Å². The molecule has 0 N–H and O–H groups in total. The zero-order chi connectivity index (χ0) is 17.5. The fraction of sp³-hybridized carbons (Fsp3) is 0.300. The van der Waals surface area contributed by atoms with Crippen LogP contribution in [-0.4, -0.2) is 18.4 Å². The van der Waals surface area contributed by atoms with Gasteiger partial charge < -0.3 is 9.47 Å². The zero-order valence-electron chi connectivity index (χ0n) is 14.3. The Hall–Kier alpha value is -2.62. The lowest BCUT2D eigenvalue weighted by atomic mass is 10.1. The van der Waals surface area contributed by atoms with E-state index < -0.39 is 0 Å². The lowest BCUT2D eigenvalue weighted by Crippen LogP contribution is -2.10. The first-order valence-electron chi connectivity index (χ1n) is 7.97. The summed E-state index contributed by atoms with van der Waals surface area (Å²) in [7, 11) is 0. The summed E-state index contributed by atoms with van der Waals surface area (Å²) in [5, 5.41) is 0. The Balaban J connectivity index is 1.73. The molecular formula is C20H22O4. The van der Waals surface area contributed by atoms with Crippen molar-refractivity contribution in [3.63, 3.8) is 0 Å². The monoisotopic (exact) mass is 326 g/mol. The molecule has 0 heterocycles. The van der Waals surface area contributed by atoms with Crippen LogP contribution in [0.5, 0.6) is 11.5 Å². The Morgan fingerprint density at radius 3 is 2.33 bits per heavy atom. The first-order valence-corrected chi connectivity index (χ1v) is 7.97. The number of carbonyl (C=O) groups excluding carboxylic acids is 2. The molecule has 0 fully saturated rings. The number of carbonyl (C=O) groups is 2. The average Bonchev–Trinajstić information content (AvgIpc) is 2.55. The maximum atomic E-state index is 11.9. The lowest BCUT2D eigenvalue weighted by molar-refractivity contribution is -0.134. The maximum absolute atomic E-state index is 11.9. The van der Waals surface area contributed by atoms with E-state index in [4.69, 9.17) is 9.47 Å². The van der Waals surface area contributed by atoms with E-state index in [1.807, 2.05) is 32.0 Å².